The highest BCUT2D eigenvalue weighted by Gasteiger charge is 2.39. The van der Waals surface area contributed by atoms with Crippen LogP contribution in [0.4, 0.5) is 18.2 Å². The van der Waals surface area contributed by atoms with Crippen LogP contribution in [0.1, 0.15) is 78.3 Å². The molecule has 2 aromatic rings. The maximum atomic E-state index is 13.2. The summed E-state index contributed by atoms with van der Waals surface area (Å²) in [5, 5.41) is 6.74. The molecule has 2 heterocycles. The predicted molar refractivity (Wildman–Crippen MR) is 119 cm³/mol. The lowest BCUT2D eigenvalue weighted by molar-refractivity contribution is -0.142. The first kappa shape index (κ1) is 24.8. The van der Waals surface area contributed by atoms with Crippen molar-refractivity contribution in [3.8, 4) is 0 Å². The molecule has 0 fully saturated rings. The number of nitrogens with one attached hydrogen (secondary N) is 1. The zero-order chi connectivity index (χ0) is 23.8. The Hall–Kier alpha value is -1.88. The normalized spacial score (nSPS) is 15.8. The smallest absolute Gasteiger partial charge is 0.436 e. The molecule has 6 nitrogen and oxygen atoms in total. The van der Waals surface area contributed by atoms with Gasteiger partial charge in [0.15, 0.2) is 5.69 Å². The second-order valence-corrected chi connectivity index (χ2v) is 9.79. The SMILES string of the molecule is CCC(C)OC(=O)c1c(NC(=O)C(C)n2nc(C(F)(F)F)c(Br)c2C)sc2c1CCCC2. The number of aryl methyl sites for hydroxylation is 1. The third kappa shape index (κ3) is 4.88. The van der Waals surface area contributed by atoms with Crippen LogP contribution in [0.5, 0.6) is 0 Å². The van der Waals surface area contributed by atoms with E-state index in [1.165, 1.54) is 25.2 Å². The van der Waals surface area contributed by atoms with Gasteiger partial charge in [-0.2, -0.15) is 18.3 Å². The quantitative estimate of drug-likeness (QED) is 0.455. The summed E-state index contributed by atoms with van der Waals surface area (Å²) in [5.74, 6) is -1.05. The van der Waals surface area contributed by atoms with Crippen molar-refractivity contribution in [1.82, 2.24) is 9.78 Å². The van der Waals surface area contributed by atoms with Gasteiger partial charge in [0.2, 0.25) is 5.91 Å². The maximum absolute atomic E-state index is 13.2. The Labute approximate surface area is 196 Å². The van der Waals surface area contributed by atoms with Crippen molar-refractivity contribution >= 4 is 44.1 Å². The van der Waals surface area contributed by atoms with Crippen LogP contribution in [0.3, 0.4) is 0 Å². The van der Waals surface area contributed by atoms with Crippen LogP contribution in [-0.4, -0.2) is 27.8 Å². The van der Waals surface area contributed by atoms with Crippen LogP contribution < -0.4 is 5.32 Å². The summed E-state index contributed by atoms with van der Waals surface area (Å²) < 4.78 is 46.0. The van der Waals surface area contributed by atoms with E-state index in [4.69, 9.17) is 4.74 Å². The Morgan fingerprint density at radius 2 is 1.94 bits per heavy atom. The number of hydrogen-bond acceptors (Lipinski definition) is 5. The molecule has 0 bridgehead atoms. The summed E-state index contributed by atoms with van der Waals surface area (Å²) in [7, 11) is 0. The number of thiophene rings is 1. The van der Waals surface area contributed by atoms with E-state index in [1.54, 1.807) is 6.92 Å². The molecule has 2 atom stereocenters. The molecule has 11 heteroatoms. The Morgan fingerprint density at radius 3 is 2.53 bits per heavy atom. The molecular formula is C21H25BrF3N3O3S. The standard InChI is InChI=1S/C21H25BrF3N3O3S/c1-5-10(2)31-20(30)15-13-8-6-7-9-14(13)32-19(15)26-18(29)12(4)28-11(3)16(22)17(27-28)21(23,24)25/h10,12H,5-9H2,1-4H3,(H,26,29). The van der Waals surface area contributed by atoms with E-state index < -0.39 is 29.8 Å². The van der Waals surface area contributed by atoms with Crippen molar-refractivity contribution in [3.63, 3.8) is 0 Å². The van der Waals surface area contributed by atoms with Gasteiger partial charge < -0.3 is 10.1 Å². The third-order valence-corrected chi connectivity index (χ3v) is 7.74. The Bertz CT molecular complexity index is 1030. The molecular weight excluding hydrogens is 511 g/mol. The van der Waals surface area contributed by atoms with Crippen LogP contribution in [0.25, 0.3) is 0 Å². The lowest BCUT2D eigenvalue weighted by Gasteiger charge is -2.16. The molecule has 0 radical (unpaired) electrons. The fourth-order valence-electron chi connectivity index (χ4n) is 3.58. The lowest BCUT2D eigenvalue weighted by atomic mass is 9.95. The number of ether oxygens (including phenoxy) is 1. The number of halogens is 4. The molecule has 32 heavy (non-hydrogen) atoms. The number of esters is 1. The second kappa shape index (κ2) is 9.54. The van der Waals surface area contributed by atoms with Gasteiger partial charge in [-0.15, -0.1) is 11.3 Å². The first-order valence-electron chi connectivity index (χ1n) is 10.4. The molecule has 0 aliphatic heterocycles. The predicted octanol–water partition coefficient (Wildman–Crippen LogP) is 6.07. The number of aromatic nitrogens is 2. The summed E-state index contributed by atoms with van der Waals surface area (Å²) in [6.45, 7) is 6.63. The van der Waals surface area contributed by atoms with Gasteiger partial charge in [-0.3, -0.25) is 9.48 Å². The van der Waals surface area contributed by atoms with Gasteiger partial charge in [0.1, 0.15) is 11.0 Å². The summed E-state index contributed by atoms with van der Waals surface area (Å²) in [6.07, 6.45) is -0.780. The molecule has 0 saturated carbocycles. The minimum absolute atomic E-state index is 0.182. The van der Waals surface area contributed by atoms with Gasteiger partial charge in [0.05, 0.1) is 21.8 Å². The molecule has 1 aliphatic carbocycles. The molecule has 176 valence electrons. The van der Waals surface area contributed by atoms with Crippen LogP contribution in [0.15, 0.2) is 4.47 Å². The van der Waals surface area contributed by atoms with Crippen molar-refractivity contribution in [2.45, 2.75) is 78.1 Å². The Kier molecular flexibility index (Phi) is 7.38. The van der Waals surface area contributed by atoms with Crippen LogP contribution in [-0.2, 0) is 28.5 Å². The molecule has 1 aliphatic rings. The molecule has 2 unspecified atom stereocenters. The number of hydrogen-bond donors (Lipinski definition) is 1. The van der Waals surface area contributed by atoms with E-state index >= 15 is 0 Å². The number of rotatable bonds is 6. The Balaban J connectivity index is 1.91. The number of carbonyl (C=O) groups is 2. The molecule has 0 aromatic carbocycles. The van der Waals surface area contributed by atoms with Crippen molar-refractivity contribution in [1.29, 1.82) is 0 Å². The second-order valence-electron chi connectivity index (χ2n) is 7.89. The highest BCUT2D eigenvalue weighted by Crippen LogP contribution is 2.40. The Morgan fingerprint density at radius 1 is 1.28 bits per heavy atom. The van der Waals surface area contributed by atoms with Gasteiger partial charge in [0.25, 0.3) is 0 Å². The van der Waals surface area contributed by atoms with Crippen LogP contribution in [0, 0.1) is 6.92 Å². The van der Waals surface area contributed by atoms with Gasteiger partial charge in [0, 0.05) is 4.88 Å². The van der Waals surface area contributed by atoms with Crippen LogP contribution in [0.2, 0.25) is 0 Å². The van der Waals surface area contributed by atoms with E-state index in [1.807, 2.05) is 6.92 Å². The number of alkyl halides is 3. The van der Waals surface area contributed by atoms with E-state index in [9.17, 15) is 22.8 Å². The third-order valence-electron chi connectivity index (χ3n) is 5.59. The molecule has 1 N–H and O–H groups in total. The van der Waals surface area contributed by atoms with Crippen molar-refractivity contribution < 1.29 is 27.5 Å². The number of anilines is 1. The summed E-state index contributed by atoms with van der Waals surface area (Å²) in [6, 6.07) is -1.03. The van der Waals surface area contributed by atoms with Crippen LogP contribution >= 0.6 is 27.3 Å². The maximum Gasteiger partial charge on any atom is 0.436 e. The van der Waals surface area contributed by atoms with E-state index in [0.29, 0.717) is 17.0 Å². The summed E-state index contributed by atoms with van der Waals surface area (Å²) in [4.78, 5) is 26.9. The molecule has 0 spiro atoms. The minimum atomic E-state index is -4.65. The summed E-state index contributed by atoms with van der Waals surface area (Å²) >= 11 is 4.26. The first-order valence-corrected chi connectivity index (χ1v) is 12.0. The van der Waals surface area contributed by atoms with Crippen molar-refractivity contribution in [3.05, 3.63) is 31.9 Å². The highest BCUT2D eigenvalue weighted by atomic mass is 79.9. The molecule has 1 amide bonds. The van der Waals surface area contributed by atoms with Gasteiger partial charge >= 0.3 is 12.1 Å². The number of fused-ring (bicyclic) bond motifs is 1. The topological polar surface area (TPSA) is 73.2 Å². The monoisotopic (exact) mass is 535 g/mol. The van der Waals surface area contributed by atoms with Gasteiger partial charge in [-0.05, 0) is 74.4 Å². The first-order chi connectivity index (χ1) is 15.0. The van der Waals surface area contributed by atoms with Crippen molar-refractivity contribution in [2.75, 3.05) is 5.32 Å². The van der Waals surface area contributed by atoms with Crippen molar-refractivity contribution in [2.24, 2.45) is 0 Å². The van der Waals surface area contributed by atoms with E-state index in [-0.39, 0.29) is 16.3 Å². The zero-order valence-electron chi connectivity index (χ0n) is 18.2. The number of amides is 1. The van der Waals surface area contributed by atoms with Gasteiger partial charge in [-0.1, -0.05) is 6.92 Å². The molecule has 2 aromatic heterocycles. The molecule has 3 rings (SSSR count). The number of carbonyl (C=O) groups excluding carboxylic acids is 2. The fourth-order valence-corrected chi connectivity index (χ4v) is 5.35. The highest BCUT2D eigenvalue weighted by molar-refractivity contribution is 9.10. The lowest BCUT2D eigenvalue weighted by Crippen LogP contribution is -2.26. The van der Waals surface area contributed by atoms with Gasteiger partial charge in [-0.25, -0.2) is 4.79 Å². The average molecular weight is 536 g/mol. The van der Waals surface area contributed by atoms with E-state index in [2.05, 4.69) is 26.3 Å². The summed E-state index contributed by atoms with van der Waals surface area (Å²) in [5.41, 5.74) is 0.357. The fraction of sp³-hybridized carbons (Fsp3) is 0.571. The largest absolute Gasteiger partial charge is 0.459 e. The zero-order valence-corrected chi connectivity index (χ0v) is 20.6. The van der Waals surface area contributed by atoms with E-state index in [0.717, 1.165) is 40.8 Å². The average Bonchev–Trinajstić information content (AvgIpc) is 3.24. The number of nitrogens with zero attached hydrogens (tertiary/aromatic N) is 2. The molecule has 0 saturated heterocycles. The minimum Gasteiger partial charge on any atom is -0.459 e.